The van der Waals surface area contributed by atoms with E-state index in [-0.39, 0.29) is 12.2 Å². The van der Waals surface area contributed by atoms with Gasteiger partial charge in [-0.2, -0.15) is 10.2 Å². The molecule has 8 heteroatoms. The number of H-pyrrole nitrogens is 1. The highest BCUT2D eigenvalue weighted by molar-refractivity contribution is 5.68. The minimum atomic E-state index is -0.957. The van der Waals surface area contributed by atoms with Crippen molar-refractivity contribution in [3.63, 3.8) is 0 Å². The van der Waals surface area contributed by atoms with E-state index in [2.05, 4.69) is 25.3 Å². The van der Waals surface area contributed by atoms with E-state index in [0.29, 0.717) is 12.4 Å². The zero-order chi connectivity index (χ0) is 10.7. The summed E-state index contributed by atoms with van der Waals surface area (Å²) in [6.07, 6.45) is 2.77. The summed E-state index contributed by atoms with van der Waals surface area (Å²) < 4.78 is 1.56. The lowest BCUT2D eigenvalue weighted by Crippen LogP contribution is -2.03. The van der Waals surface area contributed by atoms with Gasteiger partial charge < -0.3 is 5.11 Å². The van der Waals surface area contributed by atoms with Gasteiger partial charge in [-0.25, -0.2) is 14.6 Å². The predicted molar refractivity (Wildman–Crippen MR) is 46.8 cm³/mol. The molecule has 0 aliphatic heterocycles. The third-order valence-electron chi connectivity index (χ3n) is 1.67. The van der Waals surface area contributed by atoms with Crippen molar-refractivity contribution >= 4 is 5.97 Å². The van der Waals surface area contributed by atoms with Crippen molar-refractivity contribution in [1.82, 2.24) is 29.9 Å². The number of nitrogens with zero attached hydrogens (tertiary/aromatic N) is 5. The first-order valence-corrected chi connectivity index (χ1v) is 4.18. The molecule has 0 aliphatic carbocycles. The second-order valence-corrected chi connectivity index (χ2v) is 2.86. The number of aromatic nitrogens is 6. The average Bonchev–Trinajstić information content (AvgIpc) is 2.77. The Morgan fingerprint density at radius 3 is 3.13 bits per heavy atom. The van der Waals surface area contributed by atoms with Gasteiger partial charge in [0.2, 0.25) is 0 Å². The summed E-state index contributed by atoms with van der Waals surface area (Å²) in [5.74, 6) is -0.143. The van der Waals surface area contributed by atoms with Crippen molar-refractivity contribution in [3.05, 3.63) is 24.3 Å². The highest BCUT2D eigenvalue weighted by Gasteiger charge is 2.07. The molecular formula is C7H8N6O2. The highest BCUT2D eigenvalue weighted by Crippen LogP contribution is 1.96. The van der Waals surface area contributed by atoms with Crippen LogP contribution in [-0.2, 0) is 17.8 Å². The van der Waals surface area contributed by atoms with Crippen LogP contribution in [0.5, 0.6) is 0 Å². The normalized spacial score (nSPS) is 10.4. The number of aliphatic carboxylic acids is 1. The fourth-order valence-corrected chi connectivity index (χ4v) is 1.09. The molecular weight excluding hydrogens is 200 g/mol. The Hall–Kier alpha value is -2.25. The summed E-state index contributed by atoms with van der Waals surface area (Å²) in [5, 5.41) is 18.8. The van der Waals surface area contributed by atoms with Crippen LogP contribution in [0.25, 0.3) is 0 Å². The molecule has 0 spiro atoms. The van der Waals surface area contributed by atoms with Gasteiger partial charge in [0, 0.05) is 0 Å². The number of carboxylic acid groups (broad SMARTS) is 1. The highest BCUT2D eigenvalue weighted by atomic mass is 16.4. The number of carboxylic acids is 1. The van der Waals surface area contributed by atoms with Gasteiger partial charge in [0.15, 0.2) is 5.82 Å². The predicted octanol–water partition coefficient (Wildman–Crippen LogP) is -0.928. The van der Waals surface area contributed by atoms with Crippen LogP contribution >= 0.6 is 0 Å². The molecule has 0 unspecified atom stereocenters. The number of hydrogen-bond donors (Lipinski definition) is 2. The van der Waals surface area contributed by atoms with E-state index in [9.17, 15) is 4.79 Å². The van der Waals surface area contributed by atoms with Crippen molar-refractivity contribution in [2.24, 2.45) is 0 Å². The molecule has 0 aliphatic rings. The van der Waals surface area contributed by atoms with E-state index in [4.69, 9.17) is 5.11 Å². The van der Waals surface area contributed by atoms with E-state index in [1.807, 2.05) is 0 Å². The van der Waals surface area contributed by atoms with Gasteiger partial charge in [-0.3, -0.25) is 9.89 Å². The van der Waals surface area contributed by atoms with E-state index in [0.717, 1.165) is 0 Å². The Morgan fingerprint density at radius 2 is 2.47 bits per heavy atom. The molecule has 0 saturated carbocycles. The maximum absolute atomic E-state index is 10.4. The molecule has 0 radical (unpaired) electrons. The van der Waals surface area contributed by atoms with E-state index in [1.54, 1.807) is 11.0 Å². The maximum atomic E-state index is 10.4. The number of rotatable bonds is 4. The monoisotopic (exact) mass is 208 g/mol. The van der Waals surface area contributed by atoms with Gasteiger partial charge in [0.25, 0.3) is 0 Å². The Kier molecular flexibility index (Phi) is 2.40. The minimum Gasteiger partial charge on any atom is -0.481 e. The van der Waals surface area contributed by atoms with Crippen molar-refractivity contribution in [2.75, 3.05) is 0 Å². The minimum absolute atomic E-state index is 0.187. The molecule has 0 atom stereocenters. The molecule has 2 rings (SSSR count). The summed E-state index contributed by atoms with van der Waals surface area (Å²) in [7, 11) is 0. The molecule has 8 nitrogen and oxygen atoms in total. The second-order valence-electron chi connectivity index (χ2n) is 2.86. The van der Waals surface area contributed by atoms with E-state index >= 15 is 0 Å². The standard InChI is InChI=1S/C7H8N6O2/c14-7(15)1-5-10-6(12-11-5)2-13-4-8-3-9-13/h3-4H,1-2H2,(H,14,15)(H,10,11,12). The molecule has 2 aromatic heterocycles. The van der Waals surface area contributed by atoms with Crippen LogP contribution in [0.15, 0.2) is 12.7 Å². The second kappa shape index (κ2) is 3.86. The number of aromatic amines is 1. The molecule has 78 valence electrons. The van der Waals surface area contributed by atoms with Crippen molar-refractivity contribution in [1.29, 1.82) is 0 Å². The van der Waals surface area contributed by atoms with Crippen molar-refractivity contribution in [3.8, 4) is 0 Å². The smallest absolute Gasteiger partial charge is 0.311 e. The van der Waals surface area contributed by atoms with Crippen LogP contribution in [0.2, 0.25) is 0 Å². The summed E-state index contributed by atoms with van der Waals surface area (Å²) >= 11 is 0. The molecule has 2 heterocycles. The lowest BCUT2D eigenvalue weighted by Gasteiger charge is -1.93. The van der Waals surface area contributed by atoms with Crippen molar-refractivity contribution in [2.45, 2.75) is 13.0 Å². The van der Waals surface area contributed by atoms with Crippen molar-refractivity contribution < 1.29 is 9.90 Å². The molecule has 0 amide bonds. The Balaban J connectivity index is 2.04. The molecule has 0 fully saturated rings. The van der Waals surface area contributed by atoms with Gasteiger partial charge in [0.05, 0.1) is 0 Å². The van der Waals surface area contributed by atoms with Gasteiger partial charge in [0.1, 0.15) is 31.4 Å². The Labute approximate surface area is 84.0 Å². The first kappa shape index (κ1) is 9.31. The molecule has 0 bridgehead atoms. The number of carbonyl (C=O) groups is 1. The summed E-state index contributed by atoms with van der Waals surface area (Å²) in [6, 6.07) is 0. The molecule has 15 heavy (non-hydrogen) atoms. The Bertz CT molecular complexity index is 448. The molecule has 2 aromatic rings. The first-order valence-electron chi connectivity index (χ1n) is 4.18. The lowest BCUT2D eigenvalue weighted by atomic mass is 10.4. The van der Waals surface area contributed by atoms with Crippen LogP contribution < -0.4 is 0 Å². The summed E-state index contributed by atoms with van der Waals surface area (Å²) in [4.78, 5) is 18.1. The molecule has 2 N–H and O–H groups in total. The van der Waals surface area contributed by atoms with Gasteiger partial charge >= 0.3 is 5.97 Å². The van der Waals surface area contributed by atoms with Gasteiger partial charge in [-0.1, -0.05) is 0 Å². The van der Waals surface area contributed by atoms with E-state index < -0.39 is 5.97 Å². The van der Waals surface area contributed by atoms with Crippen LogP contribution in [0.1, 0.15) is 11.6 Å². The van der Waals surface area contributed by atoms with Crippen LogP contribution in [-0.4, -0.2) is 41.0 Å². The molecule has 0 saturated heterocycles. The largest absolute Gasteiger partial charge is 0.481 e. The molecule has 0 aromatic carbocycles. The van der Waals surface area contributed by atoms with E-state index in [1.165, 1.54) is 6.33 Å². The maximum Gasteiger partial charge on any atom is 0.311 e. The Morgan fingerprint density at radius 1 is 1.60 bits per heavy atom. The average molecular weight is 208 g/mol. The number of hydrogen-bond acceptors (Lipinski definition) is 5. The zero-order valence-electron chi connectivity index (χ0n) is 7.66. The fourth-order valence-electron chi connectivity index (χ4n) is 1.09. The van der Waals surface area contributed by atoms with Crippen LogP contribution in [0.4, 0.5) is 0 Å². The third-order valence-corrected chi connectivity index (χ3v) is 1.67. The zero-order valence-corrected chi connectivity index (χ0v) is 7.66. The third kappa shape index (κ3) is 2.36. The topological polar surface area (TPSA) is 110 Å². The van der Waals surface area contributed by atoms with Crippen LogP contribution in [0, 0.1) is 0 Å². The first-order chi connectivity index (χ1) is 7.24. The summed E-state index contributed by atoms with van der Waals surface area (Å²) in [6.45, 7) is 0.395. The summed E-state index contributed by atoms with van der Waals surface area (Å²) in [5.41, 5.74) is 0. The van der Waals surface area contributed by atoms with Crippen LogP contribution in [0.3, 0.4) is 0 Å². The quantitative estimate of drug-likeness (QED) is 0.671. The fraction of sp³-hybridized carbons (Fsp3) is 0.286. The SMILES string of the molecule is O=C(O)Cc1n[nH]c(Cn2cncn2)n1. The van der Waals surface area contributed by atoms with Gasteiger partial charge in [-0.15, -0.1) is 0 Å². The number of nitrogens with one attached hydrogen (secondary N) is 1. The van der Waals surface area contributed by atoms with Gasteiger partial charge in [-0.05, 0) is 0 Å². The lowest BCUT2D eigenvalue weighted by molar-refractivity contribution is -0.136.